The largest absolute Gasteiger partial charge is 0.507 e. The summed E-state index contributed by atoms with van der Waals surface area (Å²) >= 11 is 0. The molecule has 3 heteroatoms. The zero-order valence-electron chi connectivity index (χ0n) is 12.3. The number of carbonyl (C=O) groups is 1. The van der Waals surface area contributed by atoms with E-state index in [1.807, 2.05) is 25.1 Å². The Morgan fingerprint density at radius 1 is 1.27 bits per heavy atom. The number of fused-ring (bicyclic) bond motifs is 6. The topological polar surface area (TPSA) is 46.5 Å². The molecular formula is C19H16O3. The minimum atomic E-state index is -0.471. The van der Waals surface area contributed by atoms with E-state index in [1.165, 1.54) is 6.08 Å². The van der Waals surface area contributed by atoms with Crippen molar-refractivity contribution in [2.24, 2.45) is 0 Å². The average molecular weight is 292 g/mol. The predicted molar refractivity (Wildman–Crippen MR) is 85.4 cm³/mol. The zero-order valence-corrected chi connectivity index (χ0v) is 12.3. The monoisotopic (exact) mass is 292 g/mol. The molecule has 4 rings (SSSR count). The van der Waals surface area contributed by atoms with Gasteiger partial charge in [0.1, 0.15) is 11.5 Å². The van der Waals surface area contributed by atoms with Crippen molar-refractivity contribution in [1.82, 2.24) is 0 Å². The van der Waals surface area contributed by atoms with Crippen molar-refractivity contribution >= 4 is 16.7 Å². The Morgan fingerprint density at radius 2 is 2.00 bits per heavy atom. The highest BCUT2D eigenvalue weighted by molar-refractivity contribution is 5.99. The van der Waals surface area contributed by atoms with Crippen molar-refractivity contribution in [2.45, 2.75) is 25.2 Å². The van der Waals surface area contributed by atoms with E-state index in [-0.39, 0.29) is 11.8 Å². The summed E-state index contributed by atoms with van der Waals surface area (Å²) in [7, 11) is 0. The van der Waals surface area contributed by atoms with Crippen LogP contribution < -0.4 is 4.74 Å². The first-order valence-electron chi connectivity index (χ1n) is 7.41. The fourth-order valence-electron chi connectivity index (χ4n) is 3.71. The third kappa shape index (κ3) is 1.65. The molecule has 110 valence electrons. The van der Waals surface area contributed by atoms with Crippen LogP contribution in [-0.4, -0.2) is 11.1 Å². The second kappa shape index (κ2) is 4.47. The summed E-state index contributed by atoms with van der Waals surface area (Å²) in [4.78, 5) is 11.8. The Balaban J connectivity index is 2.08. The first kappa shape index (κ1) is 13.1. The number of carbonyl (C=O) groups excluding carboxylic acids is 1. The molecule has 1 N–H and O–H groups in total. The average Bonchev–Trinajstić information content (AvgIpc) is 3.12. The second-order valence-corrected chi connectivity index (χ2v) is 6.01. The summed E-state index contributed by atoms with van der Waals surface area (Å²) in [5.74, 6) is 0.852. The molecule has 2 aromatic rings. The van der Waals surface area contributed by atoms with Crippen molar-refractivity contribution < 1.29 is 14.6 Å². The van der Waals surface area contributed by atoms with Gasteiger partial charge in [-0.3, -0.25) is 0 Å². The fourth-order valence-corrected chi connectivity index (χ4v) is 3.71. The highest BCUT2D eigenvalue weighted by Gasteiger charge is 2.39. The van der Waals surface area contributed by atoms with Crippen LogP contribution in [0, 0.1) is 6.92 Å². The van der Waals surface area contributed by atoms with Gasteiger partial charge in [-0.05, 0) is 19.4 Å². The molecule has 0 amide bonds. The lowest BCUT2D eigenvalue weighted by Crippen LogP contribution is -2.08. The maximum Gasteiger partial charge on any atom is 0.335 e. The SMILES string of the molecule is C=CC(=O)Oc1c2c(c(O)c3cc(C)ccc13)C1C=CC2C1. The van der Waals surface area contributed by atoms with E-state index in [4.69, 9.17) is 4.74 Å². The molecule has 2 aliphatic rings. The van der Waals surface area contributed by atoms with Crippen LogP contribution in [0.4, 0.5) is 0 Å². The minimum absolute atomic E-state index is 0.212. The first-order valence-corrected chi connectivity index (χ1v) is 7.41. The van der Waals surface area contributed by atoms with E-state index < -0.39 is 5.97 Å². The van der Waals surface area contributed by atoms with Gasteiger partial charge in [-0.25, -0.2) is 4.79 Å². The molecule has 2 aromatic carbocycles. The zero-order chi connectivity index (χ0) is 15.4. The van der Waals surface area contributed by atoms with E-state index in [1.54, 1.807) is 0 Å². The van der Waals surface area contributed by atoms with Gasteiger partial charge in [0.05, 0.1) is 0 Å². The van der Waals surface area contributed by atoms with Gasteiger partial charge in [-0.2, -0.15) is 0 Å². The predicted octanol–water partition coefficient (Wildman–Crippen LogP) is 4.09. The van der Waals surface area contributed by atoms with Crippen LogP contribution in [0.1, 0.15) is 34.9 Å². The number of hydrogen-bond acceptors (Lipinski definition) is 3. The minimum Gasteiger partial charge on any atom is -0.507 e. The summed E-state index contributed by atoms with van der Waals surface area (Å²) < 4.78 is 5.57. The lowest BCUT2D eigenvalue weighted by Gasteiger charge is -2.20. The number of esters is 1. The third-order valence-electron chi connectivity index (χ3n) is 4.66. The van der Waals surface area contributed by atoms with Gasteiger partial charge in [-0.1, -0.05) is 36.4 Å². The van der Waals surface area contributed by atoms with Gasteiger partial charge in [0, 0.05) is 39.8 Å². The molecule has 0 fully saturated rings. The molecule has 2 atom stereocenters. The number of benzene rings is 2. The van der Waals surface area contributed by atoms with Crippen molar-refractivity contribution in [3.8, 4) is 11.5 Å². The first-order chi connectivity index (χ1) is 10.6. The van der Waals surface area contributed by atoms with E-state index in [0.717, 1.165) is 33.9 Å². The van der Waals surface area contributed by atoms with Crippen LogP contribution in [0.25, 0.3) is 10.8 Å². The van der Waals surface area contributed by atoms with Crippen LogP contribution in [0.5, 0.6) is 11.5 Å². The number of allylic oxidation sites excluding steroid dienone is 2. The van der Waals surface area contributed by atoms with Gasteiger partial charge >= 0.3 is 5.97 Å². The molecular weight excluding hydrogens is 276 g/mol. The summed E-state index contributed by atoms with van der Waals surface area (Å²) in [6.07, 6.45) is 6.38. The molecule has 3 nitrogen and oxygen atoms in total. The fraction of sp³-hybridized carbons (Fsp3) is 0.211. The molecule has 0 saturated heterocycles. The van der Waals surface area contributed by atoms with E-state index in [9.17, 15) is 9.90 Å². The van der Waals surface area contributed by atoms with Crippen LogP contribution in [0.3, 0.4) is 0 Å². The highest BCUT2D eigenvalue weighted by atomic mass is 16.5. The summed E-state index contributed by atoms with van der Waals surface area (Å²) in [6.45, 7) is 5.45. The van der Waals surface area contributed by atoms with Gasteiger partial charge in [-0.15, -0.1) is 0 Å². The van der Waals surface area contributed by atoms with Gasteiger partial charge in [0.2, 0.25) is 0 Å². The van der Waals surface area contributed by atoms with Crippen LogP contribution in [0.15, 0.2) is 43.0 Å². The van der Waals surface area contributed by atoms with Crippen molar-refractivity contribution in [1.29, 1.82) is 0 Å². The maximum atomic E-state index is 11.8. The van der Waals surface area contributed by atoms with Gasteiger partial charge in [0.25, 0.3) is 0 Å². The second-order valence-electron chi connectivity index (χ2n) is 6.01. The number of hydrogen-bond donors (Lipinski definition) is 1. The molecule has 2 unspecified atom stereocenters. The summed E-state index contributed by atoms with van der Waals surface area (Å²) in [5.41, 5.74) is 2.93. The number of phenols is 1. The number of phenolic OH excluding ortho intramolecular Hbond substituents is 1. The molecule has 0 saturated carbocycles. The highest BCUT2D eigenvalue weighted by Crippen LogP contribution is 2.57. The smallest absolute Gasteiger partial charge is 0.335 e. The molecule has 0 radical (unpaired) electrons. The maximum absolute atomic E-state index is 11.8. The normalized spacial score (nSPS) is 21.1. The molecule has 0 spiro atoms. The Bertz CT molecular complexity index is 861. The Hall–Kier alpha value is -2.55. The standard InChI is InChI=1S/C19H16O3/c1-3-15(20)22-19-13-7-4-10(2)8-14(13)18(21)16-11-5-6-12(9-11)17(16)19/h3-8,11-12,21H,1,9H2,2H3. The molecule has 2 aliphatic carbocycles. The Kier molecular flexibility index (Phi) is 2.67. The quantitative estimate of drug-likeness (QED) is 0.392. The lowest BCUT2D eigenvalue weighted by atomic mass is 9.90. The van der Waals surface area contributed by atoms with Crippen molar-refractivity contribution in [2.75, 3.05) is 0 Å². The molecule has 2 bridgehead atoms. The molecule has 0 aromatic heterocycles. The van der Waals surface area contributed by atoms with E-state index in [2.05, 4.69) is 18.7 Å². The van der Waals surface area contributed by atoms with E-state index in [0.29, 0.717) is 11.5 Å². The number of ether oxygens (including phenoxy) is 1. The Morgan fingerprint density at radius 3 is 2.73 bits per heavy atom. The van der Waals surface area contributed by atoms with Crippen molar-refractivity contribution in [3.63, 3.8) is 0 Å². The summed E-state index contributed by atoms with van der Waals surface area (Å²) in [6, 6.07) is 5.81. The van der Waals surface area contributed by atoms with Crippen molar-refractivity contribution in [3.05, 3.63) is 59.7 Å². The summed E-state index contributed by atoms with van der Waals surface area (Å²) in [5, 5.41) is 12.3. The van der Waals surface area contributed by atoms with Gasteiger partial charge in [0.15, 0.2) is 0 Å². The van der Waals surface area contributed by atoms with Crippen LogP contribution in [-0.2, 0) is 4.79 Å². The van der Waals surface area contributed by atoms with E-state index >= 15 is 0 Å². The lowest BCUT2D eigenvalue weighted by molar-refractivity contribution is -0.128. The van der Waals surface area contributed by atoms with Gasteiger partial charge < -0.3 is 9.84 Å². The third-order valence-corrected chi connectivity index (χ3v) is 4.66. The number of aromatic hydroxyl groups is 1. The number of aryl methyl sites for hydroxylation is 1. The molecule has 22 heavy (non-hydrogen) atoms. The van der Waals surface area contributed by atoms with Crippen LogP contribution in [0.2, 0.25) is 0 Å². The number of rotatable bonds is 2. The molecule has 0 aliphatic heterocycles. The Labute approximate surface area is 128 Å². The molecule has 0 heterocycles. The van der Waals surface area contributed by atoms with Crippen LogP contribution >= 0.6 is 0 Å².